The lowest BCUT2D eigenvalue weighted by atomic mass is 10.1. The maximum absolute atomic E-state index is 12.3. The number of unbranched alkanes of at least 4 members (excludes halogenated alkanes) is 2. The van der Waals surface area contributed by atoms with E-state index in [1.165, 1.54) is 0 Å². The molecular formula is C20H29N3O3. The summed E-state index contributed by atoms with van der Waals surface area (Å²) in [5.74, 6) is 1.16. The first kappa shape index (κ1) is 19.8. The highest BCUT2D eigenvalue weighted by Crippen LogP contribution is 2.25. The first-order chi connectivity index (χ1) is 12.7. The quantitative estimate of drug-likeness (QED) is 0.482. The van der Waals surface area contributed by atoms with E-state index in [4.69, 9.17) is 9.47 Å². The average Bonchev–Trinajstić information content (AvgIpc) is 3.05. The zero-order chi connectivity index (χ0) is 18.8. The lowest BCUT2D eigenvalue weighted by Gasteiger charge is -2.14. The molecular weight excluding hydrogens is 330 g/mol. The summed E-state index contributed by atoms with van der Waals surface area (Å²) < 4.78 is 13.1. The Labute approximate surface area is 155 Å². The maximum Gasteiger partial charge on any atom is 0.341 e. The van der Waals surface area contributed by atoms with Crippen LogP contribution in [0.25, 0.3) is 0 Å². The molecule has 0 amide bonds. The number of carbonyl (C=O) groups excluding carboxylic acids is 1. The van der Waals surface area contributed by atoms with Gasteiger partial charge in [-0.05, 0) is 25.0 Å². The summed E-state index contributed by atoms with van der Waals surface area (Å²) in [6.07, 6.45) is 7.50. The summed E-state index contributed by atoms with van der Waals surface area (Å²) in [6, 6.07) is 5.48. The van der Waals surface area contributed by atoms with Crippen molar-refractivity contribution in [3.8, 4) is 5.75 Å². The first-order valence-corrected chi connectivity index (χ1v) is 9.29. The molecule has 0 fully saturated rings. The first-order valence-electron chi connectivity index (χ1n) is 9.29. The zero-order valence-corrected chi connectivity index (χ0v) is 16.0. The Kier molecular flexibility index (Phi) is 7.99. The Morgan fingerprint density at radius 2 is 1.96 bits per heavy atom. The summed E-state index contributed by atoms with van der Waals surface area (Å²) in [4.78, 5) is 16.6. The van der Waals surface area contributed by atoms with Gasteiger partial charge in [-0.25, -0.2) is 9.78 Å². The van der Waals surface area contributed by atoms with Crippen LogP contribution in [0.1, 0.15) is 55.7 Å². The number of nitrogens with zero attached hydrogens (tertiary/aromatic N) is 2. The highest BCUT2D eigenvalue weighted by Gasteiger charge is 2.15. The number of benzene rings is 1. The van der Waals surface area contributed by atoms with Gasteiger partial charge in [-0.15, -0.1) is 0 Å². The van der Waals surface area contributed by atoms with Crippen LogP contribution in [0.4, 0.5) is 5.69 Å². The molecule has 1 aromatic carbocycles. The highest BCUT2D eigenvalue weighted by molar-refractivity contribution is 5.93. The van der Waals surface area contributed by atoms with Crippen LogP contribution in [0.3, 0.4) is 0 Å². The third-order valence-corrected chi connectivity index (χ3v) is 4.06. The van der Waals surface area contributed by atoms with Crippen molar-refractivity contribution in [1.82, 2.24) is 9.55 Å². The van der Waals surface area contributed by atoms with E-state index in [9.17, 15) is 4.79 Å². The largest absolute Gasteiger partial charge is 0.493 e. The van der Waals surface area contributed by atoms with Gasteiger partial charge in [-0.2, -0.15) is 0 Å². The number of aromatic nitrogens is 2. The van der Waals surface area contributed by atoms with Crippen LogP contribution >= 0.6 is 0 Å². The van der Waals surface area contributed by atoms with E-state index in [0.29, 0.717) is 31.1 Å². The highest BCUT2D eigenvalue weighted by atomic mass is 16.5. The van der Waals surface area contributed by atoms with Crippen LogP contribution in [0.2, 0.25) is 0 Å². The number of imidazole rings is 1. The van der Waals surface area contributed by atoms with Crippen molar-refractivity contribution in [2.24, 2.45) is 7.05 Å². The molecule has 1 N–H and O–H groups in total. The topological polar surface area (TPSA) is 65.4 Å². The molecule has 2 aromatic rings. The smallest absolute Gasteiger partial charge is 0.341 e. The standard InChI is InChI=1S/C20H29N3O3/c1-4-6-12-25-18-14-16(22-15-19-21-10-11-23(19)3)8-9-17(18)20(24)26-13-7-5-2/h8-11,14,22H,4-7,12-13,15H2,1-3H3. The number of nitrogens with one attached hydrogen (secondary N) is 1. The fraction of sp³-hybridized carbons (Fsp3) is 0.500. The van der Waals surface area contributed by atoms with E-state index < -0.39 is 0 Å². The predicted molar refractivity (Wildman–Crippen MR) is 103 cm³/mol. The third-order valence-electron chi connectivity index (χ3n) is 4.06. The molecule has 0 saturated carbocycles. The van der Waals surface area contributed by atoms with Gasteiger partial charge in [0.2, 0.25) is 0 Å². The van der Waals surface area contributed by atoms with Crippen LogP contribution in [-0.2, 0) is 18.3 Å². The molecule has 142 valence electrons. The second kappa shape index (κ2) is 10.5. The van der Waals surface area contributed by atoms with Crippen molar-refractivity contribution in [3.63, 3.8) is 0 Å². The molecule has 1 heterocycles. The lowest BCUT2D eigenvalue weighted by molar-refractivity contribution is 0.0495. The number of anilines is 1. The zero-order valence-electron chi connectivity index (χ0n) is 16.0. The molecule has 1 aromatic heterocycles. The summed E-state index contributed by atoms with van der Waals surface area (Å²) >= 11 is 0. The SMILES string of the molecule is CCCCOC(=O)c1ccc(NCc2nccn2C)cc1OCCCC. The number of hydrogen-bond acceptors (Lipinski definition) is 5. The van der Waals surface area contributed by atoms with Crippen LogP contribution in [-0.4, -0.2) is 28.7 Å². The molecule has 0 aliphatic heterocycles. The Morgan fingerprint density at radius 3 is 2.65 bits per heavy atom. The molecule has 6 heteroatoms. The summed E-state index contributed by atoms with van der Waals surface area (Å²) in [7, 11) is 1.96. The van der Waals surface area contributed by atoms with Gasteiger partial charge in [-0.3, -0.25) is 0 Å². The minimum absolute atomic E-state index is 0.333. The van der Waals surface area contributed by atoms with Gasteiger partial charge in [-0.1, -0.05) is 26.7 Å². The van der Waals surface area contributed by atoms with Crippen molar-refractivity contribution in [2.75, 3.05) is 18.5 Å². The van der Waals surface area contributed by atoms with Crippen molar-refractivity contribution >= 4 is 11.7 Å². The van der Waals surface area contributed by atoms with E-state index in [2.05, 4.69) is 24.1 Å². The van der Waals surface area contributed by atoms with E-state index in [1.54, 1.807) is 12.3 Å². The van der Waals surface area contributed by atoms with Crippen molar-refractivity contribution in [1.29, 1.82) is 0 Å². The number of hydrogen-bond donors (Lipinski definition) is 1. The minimum atomic E-state index is -0.333. The number of carbonyl (C=O) groups is 1. The van der Waals surface area contributed by atoms with Gasteiger partial charge >= 0.3 is 5.97 Å². The molecule has 26 heavy (non-hydrogen) atoms. The van der Waals surface area contributed by atoms with Gasteiger partial charge in [0, 0.05) is 31.2 Å². The molecule has 6 nitrogen and oxygen atoms in total. The summed E-state index contributed by atoms with van der Waals surface area (Å²) in [5, 5.41) is 3.32. The van der Waals surface area contributed by atoms with Crippen LogP contribution in [0, 0.1) is 0 Å². The third kappa shape index (κ3) is 5.79. The van der Waals surface area contributed by atoms with Gasteiger partial charge in [0.25, 0.3) is 0 Å². The molecule has 0 spiro atoms. The maximum atomic E-state index is 12.3. The minimum Gasteiger partial charge on any atom is -0.493 e. The Bertz CT molecular complexity index is 697. The summed E-state index contributed by atoms with van der Waals surface area (Å²) in [5.41, 5.74) is 1.35. The van der Waals surface area contributed by atoms with Crippen LogP contribution in [0.15, 0.2) is 30.6 Å². The van der Waals surface area contributed by atoms with Crippen molar-refractivity contribution in [2.45, 2.75) is 46.1 Å². The Hall–Kier alpha value is -2.50. The monoisotopic (exact) mass is 359 g/mol. The van der Waals surface area contributed by atoms with E-state index in [1.807, 2.05) is 29.9 Å². The number of ether oxygens (including phenoxy) is 2. The molecule has 0 saturated heterocycles. The van der Waals surface area contributed by atoms with Gasteiger partial charge in [0.15, 0.2) is 0 Å². The van der Waals surface area contributed by atoms with Crippen molar-refractivity contribution < 1.29 is 14.3 Å². The summed E-state index contributed by atoms with van der Waals surface area (Å²) in [6.45, 7) is 5.78. The molecule has 0 aliphatic rings. The molecule has 0 radical (unpaired) electrons. The van der Waals surface area contributed by atoms with E-state index in [-0.39, 0.29) is 5.97 Å². The average molecular weight is 359 g/mol. The lowest BCUT2D eigenvalue weighted by Crippen LogP contribution is -2.11. The Balaban J connectivity index is 2.08. The van der Waals surface area contributed by atoms with Gasteiger partial charge in [0.1, 0.15) is 17.1 Å². The molecule has 0 bridgehead atoms. The van der Waals surface area contributed by atoms with Crippen LogP contribution < -0.4 is 10.1 Å². The van der Waals surface area contributed by atoms with E-state index >= 15 is 0 Å². The molecule has 0 aliphatic carbocycles. The second-order valence-electron chi connectivity index (χ2n) is 6.21. The van der Waals surface area contributed by atoms with Gasteiger partial charge in [0.05, 0.1) is 19.8 Å². The number of aryl methyl sites for hydroxylation is 1. The normalized spacial score (nSPS) is 10.6. The Morgan fingerprint density at radius 1 is 1.19 bits per heavy atom. The fourth-order valence-electron chi connectivity index (χ4n) is 2.38. The molecule has 0 unspecified atom stereocenters. The van der Waals surface area contributed by atoms with Crippen LogP contribution in [0.5, 0.6) is 5.75 Å². The predicted octanol–water partition coefficient (Wildman–Crippen LogP) is 4.17. The fourth-order valence-corrected chi connectivity index (χ4v) is 2.38. The number of esters is 1. The van der Waals surface area contributed by atoms with Crippen molar-refractivity contribution in [3.05, 3.63) is 42.0 Å². The number of rotatable bonds is 11. The second-order valence-corrected chi connectivity index (χ2v) is 6.21. The van der Waals surface area contributed by atoms with E-state index in [0.717, 1.165) is 37.2 Å². The molecule has 0 atom stereocenters. The molecule has 2 rings (SSSR count). The van der Waals surface area contributed by atoms with Gasteiger partial charge < -0.3 is 19.4 Å².